The molecular weight excluding hydrogens is 472 g/mol. The lowest BCUT2D eigenvalue weighted by molar-refractivity contribution is -0.122. The highest BCUT2D eigenvalue weighted by Gasteiger charge is 2.70. The Labute approximate surface area is 220 Å². The number of hydrogen-bond donors (Lipinski definition) is 1. The van der Waals surface area contributed by atoms with Gasteiger partial charge in [-0.05, 0) is 28.8 Å². The zero-order valence-corrected chi connectivity index (χ0v) is 20.5. The SMILES string of the molecule is O=C(c1ccccc1)[C@@H]1[C@H](C(=O)c2ccccc2)[C@@]2(C(=O)Nc3ccccc32)[C@H]2c3ccccc3C=CN12. The van der Waals surface area contributed by atoms with Gasteiger partial charge in [-0.3, -0.25) is 14.4 Å². The molecule has 0 bridgehead atoms. The molecular formula is C33H24N2O3. The minimum Gasteiger partial charge on any atom is -0.358 e. The lowest BCUT2D eigenvalue weighted by atomic mass is 9.62. The highest BCUT2D eigenvalue weighted by atomic mass is 16.2. The lowest BCUT2D eigenvalue weighted by Gasteiger charge is -2.38. The number of Topliss-reactive ketones (excluding diaryl/α,β-unsaturated/α-hetero) is 2. The first-order valence-electron chi connectivity index (χ1n) is 12.8. The molecule has 0 aromatic heterocycles. The van der Waals surface area contributed by atoms with Crippen LogP contribution in [0.2, 0.25) is 0 Å². The molecule has 5 nitrogen and oxygen atoms in total. The minimum atomic E-state index is -1.31. The molecule has 0 unspecified atom stereocenters. The monoisotopic (exact) mass is 496 g/mol. The summed E-state index contributed by atoms with van der Waals surface area (Å²) in [5, 5.41) is 3.08. The summed E-state index contributed by atoms with van der Waals surface area (Å²) in [6, 6.07) is 32.1. The summed E-state index contributed by atoms with van der Waals surface area (Å²) >= 11 is 0. The number of fused-ring (bicyclic) bond motifs is 6. The van der Waals surface area contributed by atoms with Gasteiger partial charge in [0, 0.05) is 23.0 Å². The fourth-order valence-electron chi connectivity index (χ4n) is 6.72. The molecule has 1 fully saturated rings. The fourth-order valence-corrected chi connectivity index (χ4v) is 6.72. The third-order valence-corrected chi connectivity index (χ3v) is 8.24. The summed E-state index contributed by atoms with van der Waals surface area (Å²) in [6.45, 7) is 0. The van der Waals surface area contributed by atoms with Crippen LogP contribution in [0.1, 0.15) is 43.4 Å². The Balaban J connectivity index is 1.55. The van der Waals surface area contributed by atoms with Gasteiger partial charge in [0.1, 0.15) is 11.5 Å². The quantitative estimate of drug-likeness (QED) is 0.370. The average Bonchev–Trinajstić information content (AvgIpc) is 3.45. The standard InChI is InChI=1S/C33H24N2O3/c36-29(22-12-3-1-4-13-22)27-28(30(37)23-14-5-2-6-15-23)35-20-19-21-11-7-8-16-24(21)31(35)33(27)25-17-9-10-18-26(25)34-32(33)38/h1-20,27-28,31H,(H,34,38)/t27-,28+,31-,33-/m1/s1. The van der Waals surface area contributed by atoms with Crippen molar-refractivity contribution in [2.24, 2.45) is 5.92 Å². The first kappa shape index (κ1) is 22.4. The van der Waals surface area contributed by atoms with E-state index in [9.17, 15) is 14.4 Å². The molecule has 184 valence electrons. The van der Waals surface area contributed by atoms with E-state index >= 15 is 0 Å². The van der Waals surface area contributed by atoms with Crippen LogP contribution in [0.5, 0.6) is 0 Å². The molecule has 1 amide bonds. The normalized spacial score (nSPS) is 24.5. The molecule has 0 aliphatic carbocycles. The Morgan fingerprint density at radius 2 is 1.32 bits per heavy atom. The van der Waals surface area contributed by atoms with E-state index in [1.165, 1.54) is 0 Å². The van der Waals surface area contributed by atoms with Crippen molar-refractivity contribution in [3.05, 3.63) is 143 Å². The van der Waals surface area contributed by atoms with Crippen molar-refractivity contribution in [2.45, 2.75) is 17.5 Å². The van der Waals surface area contributed by atoms with Crippen LogP contribution in [-0.4, -0.2) is 28.4 Å². The van der Waals surface area contributed by atoms with Crippen molar-refractivity contribution in [3.63, 3.8) is 0 Å². The number of amides is 1. The molecule has 0 radical (unpaired) electrons. The number of ketones is 2. The van der Waals surface area contributed by atoms with Gasteiger partial charge >= 0.3 is 0 Å². The zero-order chi connectivity index (χ0) is 25.9. The molecule has 3 aliphatic rings. The van der Waals surface area contributed by atoms with Gasteiger partial charge in [0.05, 0.1) is 12.0 Å². The molecule has 1 saturated heterocycles. The number of carbonyl (C=O) groups is 3. The van der Waals surface area contributed by atoms with Crippen LogP contribution >= 0.6 is 0 Å². The Kier molecular flexibility index (Phi) is 4.95. The molecule has 1 spiro atoms. The van der Waals surface area contributed by atoms with Crippen molar-refractivity contribution in [3.8, 4) is 0 Å². The molecule has 3 heterocycles. The molecule has 5 heteroatoms. The first-order valence-corrected chi connectivity index (χ1v) is 12.8. The predicted molar refractivity (Wildman–Crippen MR) is 146 cm³/mol. The summed E-state index contributed by atoms with van der Waals surface area (Å²) in [5.74, 6) is -1.60. The van der Waals surface area contributed by atoms with E-state index in [1.54, 1.807) is 24.3 Å². The average molecular weight is 497 g/mol. The Bertz CT molecular complexity index is 1630. The molecule has 7 rings (SSSR count). The zero-order valence-electron chi connectivity index (χ0n) is 20.5. The topological polar surface area (TPSA) is 66.5 Å². The lowest BCUT2D eigenvalue weighted by Crippen LogP contribution is -2.49. The van der Waals surface area contributed by atoms with Gasteiger partial charge < -0.3 is 10.2 Å². The Hall–Kier alpha value is -4.77. The van der Waals surface area contributed by atoms with Crippen LogP contribution in [0.4, 0.5) is 5.69 Å². The van der Waals surface area contributed by atoms with Crippen molar-refractivity contribution in [2.75, 3.05) is 5.32 Å². The van der Waals surface area contributed by atoms with E-state index in [1.807, 2.05) is 102 Å². The summed E-state index contributed by atoms with van der Waals surface area (Å²) in [4.78, 5) is 45.2. The smallest absolute Gasteiger partial charge is 0.238 e. The van der Waals surface area contributed by atoms with Gasteiger partial charge in [0.15, 0.2) is 11.6 Å². The molecule has 3 aliphatic heterocycles. The minimum absolute atomic E-state index is 0.178. The van der Waals surface area contributed by atoms with Crippen LogP contribution in [0.25, 0.3) is 6.08 Å². The van der Waals surface area contributed by atoms with E-state index in [0.717, 1.165) is 16.7 Å². The Morgan fingerprint density at radius 3 is 2.05 bits per heavy atom. The van der Waals surface area contributed by atoms with Gasteiger partial charge in [-0.15, -0.1) is 0 Å². The van der Waals surface area contributed by atoms with Gasteiger partial charge in [-0.2, -0.15) is 0 Å². The fraction of sp³-hybridized carbons (Fsp3) is 0.121. The second kappa shape index (κ2) is 8.38. The van der Waals surface area contributed by atoms with Gasteiger partial charge in [-0.25, -0.2) is 0 Å². The molecule has 4 atom stereocenters. The van der Waals surface area contributed by atoms with Crippen molar-refractivity contribution in [1.29, 1.82) is 0 Å². The second-order valence-electron chi connectivity index (χ2n) is 10.0. The molecule has 4 aromatic rings. The molecule has 38 heavy (non-hydrogen) atoms. The van der Waals surface area contributed by atoms with Crippen LogP contribution in [0.15, 0.2) is 115 Å². The maximum atomic E-state index is 14.6. The molecule has 0 saturated carbocycles. The predicted octanol–water partition coefficient (Wildman–Crippen LogP) is 5.67. The summed E-state index contributed by atoms with van der Waals surface area (Å²) < 4.78 is 0. The number of benzene rings is 4. The number of para-hydroxylation sites is 1. The highest BCUT2D eigenvalue weighted by molar-refractivity contribution is 6.16. The first-order chi connectivity index (χ1) is 18.6. The van der Waals surface area contributed by atoms with E-state index < -0.39 is 23.4 Å². The van der Waals surface area contributed by atoms with Crippen LogP contribution in [0, 0.1) is 5.92 Å². The maximum Gasteiger partial charge on any atom is 0.238 e. The third-order valence-electron chi connectivity index (χ3n) is 8.24. The number of carbonyl (C=O) groups excluding carboxylic acids is 3. The van der Waals surface area contributed by atoms with Gasteiger partial charge in [0.25, 0.3) is 0 Å². The highest BCUT2D eigenvalue weighted by Crippen LogP contribution is 2.62. The van der Waals surface area contributed by atoms with E-state index in [2.05, 4.69) is 5.32 Å². The largest absolute Gasteiger partial charge is 0.358 e. The van der Waals surface area contributed by atoms with Gasteiger partial charge in [-0.1, -0.05) is 103 Å². The van der Waals surface area contributed by atoms with Crippen LogP contribution in [-0.2, 0) is 10.2 Å². The Morgan fingerprint density at radius 1 is 0.711 bits per heavy atom. The molecule has 4 aromatic carbocycles. The summed E-state index contributed by atoms with van der Waals surface area (Å²) in [7, 11) is 0. The van der Waals surface area contributed by atoms with Crippen molar-refractivity contribution < 1.29 is 14.4 Å². The van der Waals surface area contributed by atoms with E-state index in [4.69, 9.17) is 0 Å². The van der Waals surface area contributed by atoms with Crippen LogP contribution < -0.4 is 5.32 Å². The summed E-state index contributed by atoms with van der Waals surface area (Å²) in [6.07, 6.45) is 3.87. The van der Waals surface area contributed by atoms with E-state index in [-0.39, 0.29) is 17.5 Å². The van der Waals surface area contributed by atoms with Crippen molar-refractivity contribution in [1.82, 2.24) is 4.90 Å². The van der Waals surface area contributed by atoms with E-state index in [0.29, 0.717) is 16.8 Å². The number of nitrogens with zero attached hydrogens (tertiary/aromatic N) is 1. The number of nitrogens with one attached hydrogen (secondary N) is 1. The maximum absolute atomic E-state index is 14.6. The third kappa shape index (κ3) is 2.96. The second-order valence-corrected chi connectivity index (χ2v) is 10.0. The number of anilines is 1. The van der Waals surface area contributed by atoms with Crippen LogP contribution in [0.3, 0.4) is 0 Å². The number of rotatable bonds is 4. The molecule has 1 N–H and O–H groups in total. The van der Waals surface area contributed by atoms with Gasteiger partial charge in [0.2, 0.25) is 5.91 Å². The summed E-state index contributed by atoms with van der Waals surface area (Å²) in [5.41, 5.74) is 3.03. The number of hydrogen-bond acceptors (Lipinski definition) is 4. The van der Waals surface area contributed by atoms with Crippen molar-refractivity contribution >= 4 is 29.2 Å².